The maximum atomic E-state index is 5.07. The van der Waals surface area contributed by atoms with Crippen LogP contribution < -0.4 is 15.1 Å². The quantitative estimate of drug-likeness (QED) is 0.593. The van der Waals surface area contributed by atoms with Gasteiger partial charge in [-0.1, -0.05) is 55.8 Å². The lowest BCUT2D eigenvalue weighted by molar-refractivity contribution is 0.126. The molecule has 0 bridgehead atoms. The summed E-state index contributed by atoms with van der Waals surface area (Å²) >= 11 is 0. The number of aryl methyl sites for hydroxylation is 1. The van der Waals surface area contributed by atoms with Crippen molar-refractivity contribution in [2.75, 3.05) is 42.5 Å². The third-order valence-electron chi connectivity index (χ3n) is 8.77. The van der Waals surface area contributed by atoms with E-state index < -0.39 is 0 Å². The molecule has 0 unspecified atom stereocenters. The standard InChI is InChI=1S/C30H37N5/c1-22-4-6-24(7-5-22)29(2,3)25-8-10-26(11-9-25)35-15-12-23-18-32-28(33-27(23)19-35)34-16-13-30(14-17-34)20-31-21-30/h4-11,18,31H,12-17,19-21H2,1-3H3. The van der Waals surface area contributed by atoms with Crippen molar-refractivity contribution in [2.45, 2.75) is 52.0 Å². The van der Waals surface area contributed by atoms with Gasteiger partial charge in [0.25, 0.3) is 0 Å². The third-order valence-corrected chi connectivity index (χ3v) is 8.77. The Morgan fingerprint density at radius 3 is 2.14 bits per heavy atom. The average molecular weight is 468 g/mol. The largest absolute Gasteiger partial charge is 0.365 e. The number of hydrogen-bond donors (Lipinski definition) is 1. The summed E-state index contributed by atoms with van der Waals surface area (Å²) in [7, 11) is 0. The number of fused-ring (bicyclic) bond motifs is 1. The summed E-state index contributed by atoms with van der Waals surface area (Å²) in [5, 5.41) is 3.45. The maximum Gasteiger partial charge on any atom is 0.225 e. The molecule has 2 aromatic carbocycles. The second-order valence-corrected chi connectivity index (χ2v) is 11.4. The zero-order chi connectivity index (χ0) is 24.0. The fourth-order valence-corrected chi connectivity index (χ4v) is 5.90. The second-order valence-electron chi connectivity index (χ2n) is 11.4. The van der Waals surface area contributed by atoms with Gasteiger partial charge in [0.15, 0.2) is 0 Å². The highest BCUT2D eigenvalue weighted by Gasteiger charge is 2.40. The van der Waals surface area contributed by atoms with E-state index in [1.54, 1.807) is 0 Å². The van der Waals surface area contributed by atoms with Gasteiger partial charge in [0.2, 0.25) is 5.95 Å². The van der Waals surface area contributed by atoms with Crippen LogP contribution in [0.15, 0.2) is 54.7 Å². The topological polar surface area (TPSA) is 44.3 Å². The van der Waals surface area contributed by atoms with Crippen LogP contribution >= 0.6 is 0 Å². The number of anilines is 2. The minimum absolute atomic E-state index is 0.0224. The van der Waals surface area contributed by atoms with Crippen molar-refractivity contribution < 1.29 is 0 Å². The first kappa shape index (κ1) is 22.5. The Morgan fingerprint density at radius 1 is 0.857 bits per heavy atom. The Morgan fingerprint density at radius 2 is 1.51 bits per heavy atom. The Balaban J connectivity index is 1.16. The molecule has 0 atom stereocenters. The third kappa shape index (κ3) is 4.20. The lowest BCUT2D eigenvalue weighted by Gasteiger charge is -2.48. The molecule has 0 amide bonds. The van der Waals surface area contributed by atoms with Crippen LogP contribution in [0.25, 0.3) is 0 Å². The molecule has 3 aliphatic rings. The highest BCUT2D eigenvalue weighted by Crippen LogP contribution is 2.36. The molecule has 2 fully saturated rings. The smallest absolute Gasteiger partial charge is 0.225 e. The Bertz CT molecular complexity index is 1180. The van der Waals surface area contributed by atoms with Crippen LogP contribution in [0.5, 0.6) is 0 Å². The molecule has 0 saturated carbocycles. The highest BCUT2D eigenvalue weighted by atomic mass is 15.3. The van der Waals surface area contributed by atoms with Crippen LogP contribution in [0, 0.1) is 12.3 Å². The van der Waals surface area contributed by atoms with E-state index in [1.165, 1.54) is 59.6 Å². The van der Waals surface area contributed by atoms with E-state index in [2.05, 4.69) is 90.6 Å². The van der Waals surface area contributed by atoms with Gasteiger partial charge in [-0.3, -0.25) is 0 Å². The van der Waals surface area contributed by atoms with Gasteiger partial charge in [-0.05, 0) is 60.4 Å². The minimum atomic E-state index is -0.0224. The summed E-state index contributed by atoms with van der Waals surface area (Å²) in [6.45, 7) is 13.1. The van der Waals surface area contributed by atoms with Crippen LogP contribution in [0.4, 0.5) is 11.6 Å². The molecule has 1 N–H and O–H groups in total. The molecular formula is C30H37N5. The number of piperidine rings is 1. The molecule has 6 rings (SSSR count). The first-order valence-corrected chi connectivity index (χ1v) is 13.2. The van der Waals surface area contributed by atoms with E-state index in [0.29, 0.717) is 5.41 Å². The molecule has 182 valence electrons. The summed E-state index contributed by atoms with van der Waals surface area (Å²) in [6, 6.07) is 18.1. The molecule has 4 heterocycles. The molecule has 0 radical (unpaired) electrons. The number of aromatic nitrogens is 2. The normalized spacial score (nSPS) is 19.4. The van der Waals surface area contributed by atoms with Crippen LogP contribution in [0.1, 0.15) is 54.6 Å². The highest BCUT2D eigenvalue weighted by molar-refractivity contribution is 5.52. The lowest BCUT2D eigenvalue weighted by Crippen LogP contribution is -2.58. The van der Waals surface area contributed by atoms with Crippen molar-refractivity contribution in [3.63, 3.8) is 0 Å². The Kier molecular flexibility index (Phi) is 5.56. The number of benzene rings is 2. The van der Waals surface area contributed by atoms with Crippen molar-refractivity contribution in [1.82, 2.24) is 15.3 Å². The summed E-state index contributed by atoms with van der Waals surface area (Å²) in [5.74, 6) is 0.919. The zero-order valence-corrected chi connectivity index (χ0v) is 21.3. The Labute approximate surface area is 209 Å². The van der Waals surface area contributed by atoms with Crippen molar-refractivity contribution >= 4 is 11.6 Å². The van der Waals surface area contributed by atoms with E-state index in [4.69, 9.17) is 9.97 Å². The number of hydrogen-bond acceptors (Lipinski definition) is 5. The molecule has 0 aliphatic carbocycles. The van der Waals surface area contributed by atoms with E-state index in [1.807, 2.05) is 0 Å². The molecule has 2 saturated heterocycles. The molecule has 5 heteroatoms. The number of nitrogens with one attached hydrogen (secondary N) is 1. The summed E-state index contributed by atoms with van der Waals surface area (Å²) in [5.41, 5.74) is 8.29. The van der Waals surface area contributed by atoms with Gasteiger partial charge in [-0.25, -0.2) is 9.97 Å². The summed E-state index contributed by atoms with van der Waals surface area (Å²) in [6.07, 6.45) is 5.58. The van der Waals surface area contributed by atoms with Gasteiger partial charge in [-0.2, -0.15) is 0 Å². The SMILES string of the molecule is Cc1ccc(C(C)(C)c2ccc(N3CCc4cnc(N5CCC6(CC5)CNC6)nc4C3)cc2)cc1. The Hall–Kier alpha value is -2.92. The van der Waals surface area contributed by atoms with Crippen LogP contribution in [-0.4, -0.2) is 42.7 Å². The van der Waals surface area contributed by atoms with Crippen molar-refractivity contribution in [1.29, 1.82) is 0 Å². The first-order chi connectivity index (χ1) is 16.9. The van der Waals surface area contributed by atoms with Crippen LogP contribution in [0.3, 0.4) is 0 Å². The van der Waals surface area contributed by atoms with E-state index in [-0.39, 0.29) is 5.41 Å². The van der Waals surface area contributed by atoms with Crippen LogP contribution in [-0.2, 0) is 18.4 Å². The van der Waals surface area contributed by atoms with Gasteiger partial charge in [0.1, 0.15) is 0 Å². The van der Waals surface area contributed by atoms with Gasteiger partial charge < -0.3 is 15.1 Å². The molecular weight excluding hydrogens is 430 g/mol. The molecule has 3 aliphatic heterocycles. The van der Waals surface area contributed by atoms with E-state index in [0.717, 1.165) is 38.5 Å². The zero-order valence-electron chi connectivity index (χ0n) is 21.3. The van der Waals surface area contributed by atoms with Gasteiger partial charge >= 0.3 is 0 Å². The van der Waals surface area contributed by atoms with E-state index in [9.17, 15) is 0 Å². The van der Waals surface area contributed by atoms with Crippen molar-refractivity contribution in [2.24, 2.45) is 5.41 Å². The fraction of sp³-hybridized carbons (Fsp3) is 0.467. The predicted molar refractivity (Wildman–Crippen MR) is 143 cm³/mol. The molecule has 1 aromatic heterocycles. The minimum Gasteiger partial charge on any atom is -0.365 e. The predicted octanol–water partition coefficient (Wildman–Crippen LogP) is 4.86. The molecule has 35 heavy (non-hydrogen) atoms. The lowest BCUT2D eigenvalue weighted by atomic mass is 9.73. The summed E-state index contributed by atoms with van der Waals surface area (Å²) < 4.78 is 0. The van der Waals surface area contributed by atoms with Crippen molar-refractivity contribution in [3.05, 3.63) is 82.7 Å². The van der Waals surface area contributed by atoms with Crippen LogP contribution in [0.2, 0.25) is 0 Å². The molecule has 1 spiro atoms. The first-order valence-electron chi connectivity index (χ1n) is 13.2. The van der Waals surface area contributed by atoms with E-state index >= 15 is 0 Å². The second kappa shape index (κ2) is 8.63. The number of rotatable bonds is 4. The maximum absolute atomic E-state index is 5.07. The van der Waals surface area contributed by atoms with Gasteiger partial charge in [-0.15, -0.1) is 0 Å². The number of nitrogens with zero attached hydrogens (tertiary/aromatic N) is 4. The molecule has 3 aromatic rings. The summed E-state index contributed by atoms with van der Waals surface area (Å²) in [4.78, 5) is 14.7. The molecule has 5 nitrogen and oxygen atoms in total. The van der Waals surface area contributed by atoms with Gasteiger partial charge in [0.05, 0.1) is 12.2 Å². The fourth-order valence-electron chi connectivity index (χ4n) is 5.90. The van der Waals surface area contributed by atoms with Crippen molar-refractivity contribution in [3.8, 4) is 0 Å². The van der Waals surface area contributed by atoms with Gasteiger partial charge in [0, 0.05) is 50.0 Å². The average Bonchev–Trinajstić information content (AvgIpc) is 2.87. The monoisotopic (exact) mass is 467 g/mol.